The summed E-state index contributed by atoms with van der Waals surface area (Å²) in [6.45, 7) is 0.984. The van der Waals surface area contributed by atoms with Crippen molar-refractivity contribution in [2.45, 2.75) is 25.8 Å². The van der Waals surface area contributed by atoms with Crippen molar-refractivity contribution < 1.29 is 9.90 Å². The standard InChI is InChI=1S/C14H14N2O2/c17-14(18)11-6-2-1-5-10(11)12-9-16-8-4-3-7-13(16)15-12/h1-2,5-6,9H,3-4,7-8H2,(H,17,18). The number of fused-ring (bicyclic) bond motifs is 1. The van der Waals surface area contributed by atoms with Crippen molar-refractivity contribution in [1.29, 1.82) is 0 Å². The number of carbonyl (C=O) groups is 1. The molecular weight excluding hydrogens is 228 g/mol. The summed E-state index contributed by atoms with van der Waals surface area (Å²) in [7, 11) is 0. The molecule has 1 N–H and O–H groups in total. The van der Waals surface area contributed by atoms with Gasteiger partial charge in [-0.2, -0.15) is 0 Å². The highest BCUT2D eigenvalue weighted by Gasteiger charge is 2.17. The molecule has 92 valence electrons. The van der Waals surface area contributed by atoms with Gasteiger partial charge in [-0.3, -0.25) is 0 Å². The van der Waals surface area contributed by atoms with Crippen LogP contribution in [0.2, 0.25) is 0 Å². The molecular formula is C14H14N2O2. The molecule has 4 heteroatoms. The minimum absolute atomic E-state index is 0.313. The molecule has 0 aliphatic carbocycles. The summed E-state index contributed by atoms with van der Waals surface area (Å²) >= 11 is 0. The van der Waals surface area contributed by atoms with Gasteiger partial charge in [0.15, 0.2) is 0 Å². The molecule has 2 heterocycles. The second-order valence-corrected chi connectivity index (χ2v) is 4.54. The molecule has 3 rings (SSSR count). The molecule has 1 aliphatic rings. The summed E-state index contributed by atoms with van der Waals surface area (Å²) in [6.07, 6.45) is 5.28. The molecule has 0 amide bonds. The lowest BCUT2D eigenvalue weighted by molar-refractivity contribution is 0.0697. The molecule has 18 heavy (non-hydrogen) atoms. The first-order chi connectivity index (χ1) is 8.75. The molecule has 1 aromatic heterocycles. The Morgan fingerprint density at radius 2 is 2.11 bits per heavy atom. The Labute approximate surface area is 105 Å². The number of aromatic carboxylic acids is 1. The second-order valence-electron chi connectivity index (χ2n) is 4.54. The van der Waals surface area contributed by atoms with Crippen molar-refractivity contribution in [3.63, 3.8) is 0 Å². The van der Waals surface area contributed by atoms with Gasteiger partial charge in [-0.05, 0) is 18.9 Å². The average molecular weight is 242 g/mol. The predicted molar refractivity (Wildman–Crippen MR) is 67.6 cm³/mol. The van der Waals surface area contributed by atoms with Crippen molar-refractivity contribution in [2.75, 3.05) is 0 Å². The van der Waals surface area contributed by atoms with E-state index in [1.807, 2.05) is 18.3 Å². The number of imidazole rings is 1. The molecule has 0 bridgehead atoms. The topological polar surface area (TPSA) is 55.1 Å². The van der Waals surface area contributed by atoms with Crippen LogP contribution in [0.5, 0.6) is 0 Å². The third-order valence-electron chi connectivity index (χ3n) is 3.34. The summed E-state index contributed by atoms with van der Waals surface area (Å²) in [5, 5.41) is 9.20. The van der Waals surface area contributed by atoms with Crippen LogP contribution in [0.1, 0.15) is 29.0 Å². The summed E-state index contributed by atoms with van der Waals surface area (Å²) < 4.78 is 2.14. The van der Waals surface area contributed by atoms with Crippen LogP contribution in [0.15, 0.2) is 30.5 Å². The van der Waals surface area contributed by atoms with E-state index in [0.29, 0.717) is 11.1 Å². The lowest BCUT2D eigenvalue weighted by atomic mass is 10.1. The van der Waals surface area contributed by atoms with Crippen molar-refractivity contribution >= 4 is 5.97 Å². The largest absolute Gasteiger partial charge is 0.478 e. The highest BCUT2D eigenvalue weighted by molar-refractivity contribution is 5.95. The average Bonchev–Trinajstić information content (AvgIpc) is 2.82. The molecule has 0 saturated heterocycles. The molecule has 4 nitrogen and oxygen atoms in total. The fourth-order valence-corrected chi connectivity index (χ4v) is 2.44. The molecule has 2 aromatic rings. The minimum Gasteiger partial charge on any atom is -0.478 e. The number of hydrogen-bond donors (Lipinski definition) is 1. The quantitative estimate of drug-likeness (QED) is 0.880. The summed E-state index contributed by atoms with van der Waals surface area (Å²) in [5.74, 6) is 0.160. The number of hydrogen-bond acceptors (Lipinski definition) is 2. The SMILES string of the molecule is O=C(O)c1ccccc1-c1cn2c(n1)CCCC2. The molecule has 0 saturated carbocycles. The van der Waals surface area contributed by atoms with Gasteiger partial charge >= 0.3 is 5.97 Å². The van der Waals surface area contributed by atoms with Gasteiger partial charge in [-0.25, -0.2) is 9.78 Å². The highest BCUT2D eigenvalue weighted by atomic mass is 16.4. The maximum absolute atomic E-state index is 11.2. The number of aromatic nitrogens is 2. The summed E-state index contributed by atoms with van der Waals surface area (Å²) in [4.78, 5) is 15.8. The normalized spacial score (nSPS) is 14.2. The van der Waals surface area contributed by atoms with E-state index in [-0.39, 0.29) is 0 Å². The van der Waals surface area contributed by atoms with E-state index in [4.69, 9.17) is 0 Å². The maximum atomic E-state index is 11.2. The van der Waals surface area contributed by atoms with Crippen LogP contribution in [-0.2, 0) is 13.0 Å². The lowest BCUT2D eigenvalue weighted by Crippen LogP contribution is -2.08. The first-order valence-corrected chi connectivity index (χ1v) is 6.14. The van der Waals surface area contributed by atoms with Gasteiger partial charge in [-0.1, -0.05) is 18.2 Å². The lowest BCUT2D eigenvalue weighted by Gasteiger charge is -2.11. The maximum Gasteiger partial charge on any atom is 0.336 e. The molecule has 1 aromatic carbocycles. The monoisotopic (exact) mass is 242 g/mol. The van der Waals surface area contributed by atoms with Crippen LogP contribution >= 0.6 is 0 Å². The van der Waals surface area contributed by atoms with E-state index in [1.165, 1.54) is 6.42 Å². The molecule has 0 fully saturated rings. The number of benzene rings is 1. The van der Waals surface area contributed by atoms with Crippen LogP contribution in [0.25, 0.3) is 11.3 Å². The van der Waals surface area contributed by atoms with Gasteiger partial charge < -0.3 is 9.67 Å². The molecule has 0 spiro atoms. The Morgan fingerprint density at radius 1 is 1.28 bits per heavy atom. The number of nitrogens with zero attached hydrogens (tertiary/aromatic N) is 2. The zero-order valence-electron chi connectivity index (χ0n) is 9.97. The zero-order chi connectivity index (χ0) is 12.5. The second kappa shape index (κ2) is 4.29. The van der Waals surface area contributed by atoms with Gasteiger partial charge in [-0.15, -0.1) is 0 Å². The van der Waals surface area contributed by atoms with Crippen molar-refractivity contribution in [3.8, 4) is 11.3 Å². The fourth-order valence-electron chi connectivity index (χ4n) is 2.44. The van der Waals surface area contributed by atoms with E-state index in [1.54, 1.807) is 12.1 Å². The zero-order valence-corrected chi connectivity index (χ0v) is 9.97. The summed E-state index contributed by atoms with van der Waals surface area (Å²) in [5.41, 5.74) is 1.78. The van der Waals surface area contributed by atoms with Crippen LogP contribution in [-0.4, -0.2) is 20.6 Å². The van der Waals surface area contributed by atoms with Gasteiger partial charge in [0.2, 0.25) is 0 Å². The van der Waals surface area contributed by atoms with Gasteiger partial charge in [0.05, 0.1) is 11.3 Å². The Balaban J connectivity index is 2.09. The Hall–Kier alpha value is -2.10. The number of aryl methyl sites for hydroxylation is 2. The molecule has 0 atom stereocenters. The highest BCUT2D eigenvalue weighted by Crippen LogP contribution is 2.25. The molecule has 0 unspecified atom stereocenters. The summed E-state index contributed by atoms with van der Waals surface area (Å²) in [6, 6.07) is 7.02. The minimum atomic E-state index is -0.906. The predicted octanol–water partition coefficient (Wildman–Crippen LogP) is 2.58. The van der Waals surface area contributed by atoms with E-state index in [9.17, 15) is 9.90 Å². The van der Waals surface area contributed by atoms with Crippen LogP contribution < -0.4 is 0 Å². The van der Waals surface area contributed by atoms with Crippen molar-refractivity contribution in [2.24, 2.45) is 0 Å². The Morgan fingerprint density at radius 3 is 2.89 bits per heavy atom. The van der Waals surface area contributed by atoms with Gasteiger partial charge in [0.1, 0.15) is 5.82 Å². The number of carboxylic acids is 1. The molecule has 1 aliphatic heterocycles. The van der Waals surface area contributed by atoms with E-state index < -0.39 is 5.97 Å². The van der Waals surface area contributed by atoms with Gasteiger partial charge in [0.25, 0.3) is 0 Å². The first kappa shape index (κ1) is 11.0. The number of carboxylic acid groups (broad SMARTS) is 1. The Bertz CT molecular complexity index is 578. The van der Waals surface area contributed by atoms with Crippen molar-refractivity contribution in [1.82, 2.24) is 9.55 Å². The van der Waals surface area contributed by atoms with Crippen molar-refractivity contribution in [3.05, 3.63) is 41.9 Å². The smallest absolute Gasteiger partial charge is 0.336 e. The van der Waals surface area contributed by atoms with Crippen LogP contribution in [0.3, 0.4) is 0 Å². The van der Waals surface area contributed by atoms with E-state index in [0.717, 1.165) is 30.9 Å². The fraction of sp³-hybridized carbons (Fsp3) is 0.286. The Kier molecular flexibility index (Phi) is 2.63. The van der Waals surface area contributed by atoms with Gasteiger partial charge in [0, 0.05) is 24.7 Å². The van der Waals surface area contributed by atoms with E-state index in [2.05, 4.69) is 9.55 Å². The first-order valence-electron chi connectivity index (χ1n) is 6.14. The molecule has 0 radical (unpaired) electrons. The van der Waals surface area contributed by atoms with E-state index >= 15 is 0 Å². The third kappa shape index (κ3) is 1.79. The van der Waals surface area contributed by atoms with Crippen LogP contribution in [0.4, 0.5) is 0 Å². The number of rotatable bonds is 2. The van der Waals surface area contributed by atoms with Crippen LogP contribution in [0, 0.1) is 0 Å². The third-order valence-corrected chi connectivity index (χ3v) is 3.34.